The largest absolute Gasteiger partial charge is 0.307 e. The fraction of sp³-hybridized carbons (Fsp3) is 0.167. The molecule has 4 heteroatoms. The Balaban J connectivity index is 2.38. The van der Waals surface area contributed by atoms with Crippen molar-refractivity contribution < 1.29 is 0 Å². The van der Waals surface area contributed by atoms with Gasteiger partial charge >= 0.3 is 0 Å². The zero-order valence-electron chi connectivity index (χ0n) is 9.36. The summed E-state index contributed by atoms with van der Waals surface area (Å²) in [5, 5.41) is 8.04. The van der Waals surface area contributed by atoms with Crippen molar-refractivity contribution >= 4 is 5.82 Å². The predicted molar refractivity (Wildman–Crippen MR) is 64.8 cm³/mol. The molecule has 0 amide bonds. The fourth-order valence-corrected chi connectivity index (χ4v) is 1.46. The number of nitrogen functional groups attached to an aromatic ring is 1. The average Bonchev–Trinajstić information content (AvgIpc) is 2.33. The molecule has 0 saturated carbocycles. The van der Waals surface area contributed by atoms with E-state index in [0.29, 0.717) is 5.82 Å². The molecule has 1 heterocycles. The Morgan fingerprint density at radius 1 is 1.00 bits per heavy atom. The summed E-state index contributed by atoms with van der Waals surface area (Å²) in [5.41, 5.74) is 6.90. The lowest BCUT2D eigenvalue weighted by atomic mass is 10.0. The quantitative estimate of drug-likeness (QED) is 0.593. The molecule has 16 heavy (non-hydrogen) atoms. The molecule has 2 aromatic rings. The van der Waals surface area contributed by atoms with E-state index >= 15 is 0 Å². The maximum absolute atomic E-state index is 5.23. The molecular weight excluding hydrogens is 200 g/mol. The number of rotatable bonds is 2. The summed E-state index contributed by atoms with van der Waals surface area (Å²) in [6.45, 7) is 4.17. The van der Waals surface area contributed by atoms with Gasteiger partial charge in [0.1, 0.15) is 0 Å². The number of anilines is 1. The minimum Gasteiger partial charge on any atom is -0.307 e. The maximum Gasteiger partial charge on any atom is 0.162 e. The lowest BCUT2D eigenvalue weighted by Crippen LogP contribution is -2.09. The van der Waals surface area contributed by atoms with Gasteiger partial charge in [-0.3, -0.25) is 0 Å². The highest BCUT2D eigenvalue weighted by Crippen LogP contribution is 2.20. The van der Waals surface area contributed by atoms with E-state index in [1.807, 2.05) is 12.1 Å². The van der Waals surface area contributed by atoms with Crippen LogP contribution in [-0.2, 0) is 0 Å². The molecule has 0 aliphatic carbocycles. The van der Waals surface area contributed by atoms with E-state index in [1.54, 1.807) is 6.07 Å². The van der Waals surface area contributed by atoms with Crippen LogP contribution in [0.25, 0.3) is 11.3 Å². The van der Waals surface area contributed by atoms with Gasteiger partial charge < -0.3 is 5.43 Å². The number of aryl methyl sites for hydroxylation is 2. The van der Waals surface area contributed by atoms with E-state index in [-0.39, 0.29) is 0 Å². The Morgan fingerprint density at radius 3 is 2.38 bits per heavy atom. The summed E-state index contributed by atoms with van der Waals surface area (Å²) < 4.78 is 0. The van der Waals surface area contributed by atoms with Crippen LogP contribution in [0.2, 0.25) is 0 Å². The number of aromatic nitrogens is 2. The van der Waals surface area contributed by atoms with Gasteiger partial charge in [0.15, 0.2) is 5.82 Å². The Labute approximate surface area is 94.5 Å². The molecule has 0 unspecified atom stereocenters. The normalized spacial score (nSPS) is 10.2. The molecule has 82 valence electrons. The molecule has 0 atom stereocenters. The van der Waals surface area contributed by atoms with Crippen LogP contribution in [0.3, 0.4) is 0 Å². The van der Waals surface area contributed by atoms with E-state index < -0.39 is 0 Å². The van der Waals surface area contributed by atoms with Gasteiger partial charge in [-0.05, 0) is 43.2 Å². The topological polar surface area (TPSA) is 63.8 Å². The van der Waals surface area contributed by atoms with Gasteiger partial charge in [0.2, 0.25) is 0 Å². The minimum atomic E-state index is 0.563. The lowest BCUT2D eigenvalue weighted by Gasteiger charge is -2.04. The van der Waals surface area contributed by atoms with Crippen LogP contribution in [0.4, 0.5) is 5.82 Å². The Morgan fingerprint density at radius 2 is 1.81 bits per heavy atom. The molecule has 1 aromatic heterocycles. The van der Waals surface area contributed by atoms with E-state index in [9.17, 15) is 0 Å². The zero-order chi connectivity index (χ0) is 11.5. The third-order valence-electron chi connectivity index (χ3n) is 2.62. The van der Waals surface area contributed by atoms with Crippen LogP contribution in [0.1, 0.15) is 11.1 Å². The van der Waals surface area contributed by atoms with Crippen LogP contribution in [-0.4, -0.2) is 10.2 Å². The van der Waals surface area contributed by atoms with Crippen molar-refractivity contribution in [3.05, 3.63) is 41.5 Å². The van der Waals surface area contributed by atoms with Crippen molar-refractivity contribution in [2.45, 2.75) is 13.8 Å². The number of nitrogens with zero attached hydrogens (tertiary/aromatic N) is 2. The molecule has 0 fully saturated rings. The van der Waals surface area contributed by atoms with Crippen molar-refractivity contribution in [2.24, 2.45) is 5.84 Å². The lowest BCUT2D eigenvalue weighted by molar-refractivity contribution is 1.03. The van der Waals surface area contributed by atoms with E-state index in [1.165, 1.54) is 11.1 Å². The Bertz CT molecular complexity index is 491. The predicted octanol–water partition coefficient (Wildman–Crippen LogP) is 2.05. The molecule has 0 spiro atoms. The first-order valence-corrected chi connectivity index (χ1v) is 5.08. The number of nitrogens with one attached hydrogen (secondary N) is 1. The van der Waals surface area contributed by atoms with Crippen molar-refractivity contribution in [3.8, 4) is 11.3 Å². The maximum atomic E-state index is 5.23. The van der Waals surface area contributed by atoms with Crippen molar-refractivity contribution in [1.29, 1.82) is 0 Å². The van der Waals surface area contributed by atoms with Gasteiger partial charge in [0.05, 0.1) is 5.69 Å². The number of hydrogen-bond donors (Lipinski definition) is 2. The first-order valence-electron chi connectivity index (χ1n) is 5.08. The minimum absolute atomic E-state index is 0.563. The highest BCUT2D eigenvalue weighted by atomic mass is 15.3. The second kappa shape index (κ2) is 4.28. The third kappa shape index (κ3) is 2.01. The molecule has 0 bridgehead atoms. The second-order valence-electron chi connectivity index (χ2n) is 3.75. The van der Waals surface area contributed by atoms with Gasteiger partial charge in [-0.1, -0.05) is 12.1 Å². The number of nitrogens with two attached hydrogens (primary N) is 1. The van der Waals surface area contributed by atoms with E-state index in [4.69, 9.17) is 5.84 Å². The van der Waals surface area contributed by atoms with Gasteiger partial charge in [-0.15, -0.1) is 10.2 Å². The fourth-order valence-electron chi connectivity index (χ4n) is 1.46. The highest BCUT2D eigenvalue weighted by molar-refractivity contribution is 5.61. The molecule has 0 aliphatic heterocycles. The van der Waals surface area contributed by atoms with E-state index in [2.05, 4.69) is 41.6 Å². The zero-order valence-corrected chi connectivity index (χ0v) is 9.36. The molecule has 1 aromatic carbocycles. The van der Waals surface area contributed by atoms with Crippen molar-refractivity contribution in [3.63, 3.8) is 0 Å². The second-order valence-corrected chi connectivity index (χ2v) is 3.75. The Hall–Kier alpha value is -1.94. The van der Waals surface area contributed by atoms with Crippen LogP contribution in [0.15, 0.2) is 30.3 Å². The molecule has 0 aliphatic rings. The third-order valence-corrected chi connectivity index (χ3v) is 2.62. The molecule has 3 N–H and O–H groups in total. The first kappa shape index (κ1) is 10.6. The van der Waals surface area contributed by atoms with E-state index in [0.717, 1.165) is 11.3 Å². The monoisotopic (exact) mass is 214 g/mol. The number of hydrogen-bond acceptors (Lipinski definition) is 4. The van der Waals surface area contributed by atoms with Gasteiger partial charge in [0.25, 0.3) is 0 Å². The molecule has 0 radical (unpaired) electrons. The summed E-state index contributed by atoms with van der Waals surface area (Å²) in [6.07, 6.45) is 0. The van der Waals surface area contributed by atoms with Crippen molar-refractivity contribution in [2.75, 3.05) is 5.43 Å². The van der Waals surface area contributed by atoms with Crippen molar-refractivity contribution in [1.82, 2.24) is 10.2 Å². The highest BCUT2D eigenvalue weighted by Gasteiger charge is 2.02. The Kier molecular flexibility index (Phi) is 2.83. The van der Waals surface area contributed by atoms with Gasteiger partial charge in [-0.2, -0.15) is 0 Å². The SMILES string of the molecule is Cc1ccc(-c2ccc(NN)nn2)cc1C. The van der Waals surface area contributed by atoms with Gasteiger partial charge in [-0.25, -0.2) is 5.84 Å². The molecule has 2 rings (SSSR count). The number of benzene rings is 1. The van der Waals surface area contributed by atoms with Crippen LogP contribution in [0.5, 0.6) is 0 Å². The number of hydrazine groups is 1. The summed E-state index contributed by atoms with van der Waals surface area (Å²) in [4.78, 5) is 0. The van der Waals surface area contributed by atoms with Crippen LogP contribution in [0, 0.1) is 13.8 Å². The summed E-state index contributed by atoms with van der Waals surface area (Å²) >= 11 is 0. The molecule has 4 nitrogen and oxygen atoms in total. The molecular formula is C12H14N4. The summed E-state index contributed by atoms with van der Waals surface area (Å²) in [6, 6.07) is 9.93. The smallest absolute Gasteiger partial charge is 0.162 e. The molecule has 0 saturated heterocycles. The summed E-state index contributed by atoms with van der Waals surface area (Å²) in [5.74, 6) is 5.79. The average molecular weight is 214 g/mol. The standard InChI is InChI=1S/C12H14N4/c1-8-3-4-10(7-9(8)2)11-5-6-12(14-13)16-15-11/h3-7H,13H2,1-2H3,(H,14,16). The van der Waals surface area contributed by atoms with Crippen LogP contribution >= 0.6 is 0 Å². The van der Waals surface area contributed by atoms with Crippen LogP contribution < -0.4 is 11.3 Å². The summed E-state index contributed by atoms with van der Waals surface area (Å²) in [7, 11) is 0. The van der Waals surface area contributed by atoms with Gasteiger partial charge in [0, 0.05) is 5.56 Å². The first-order chi connectivity index (χ1) is 7.70.